The van der Waals surface area contributed by atoms with Crippen molar-refractivity contribution >= 4 is 5.78 Å². The first-order valence-corrected chi connectivity index (χ1v) is 6.82. The van der Waals surface area contributed by atoms with E-state index in [0.29, 0.717) is 11.7 Å². The third kappa shape index (κ3) is 2.96. The molecule has 1 aliphatic rings. The fourth-order valence-corrected chi connectivity index (χ4v) is 2.76. The Hall–Kier alpha value is -1.11. The van der Waals surface area contributed by atoms with Gasteiger partial charge in [0.25, 0.3) is 0 Å². The van der Waals surface area contributed by atoms with Gasteiger partial charge in [-0.1, -0.05) is 44.5 Å². The zero-order valence-corrected chi connectivity index (χ0v) is 10.9. The van der Waals surface area contributed by atoms with Crippen LogP contribution in [0.3, 0.4) is 0 Å². The van der Waals surface area contributed by atoms with E-state index in [9.17, 15) is 4.79 Å². The number of aryl methyl sites for hydroxylation is 1. The highest BCUT2D eigenvalue weighted by Gasteiger charge is 2.27. The molecule has 1 aliphatic carbocycles. The zero-order chi connectivity index (χ0) is 12.3. The second-order valence-electron chi connectivity index (χ2n) is 5.40. The Bertz CT molecular complexity index is 377. The quantitative estimate of drug-likeness (QED) is 0.763. The average molecular weight is 230 g/mol. The maximum atomic E-state index is 12.0. The molecule has 17 heavy (non-hydrogen) atoms. The highest BCUT2D eigenvalue weighted by atomic mass is 16.1. The highest BCUT2D eigenvalue weighted by molar-refractivity contribution is 5.86. The van der Waals surface area contributed by atoms with Gasteiger partial charge in [0, 0.05) is 12.3 Å². The third-order valence-corrected chi connectivity index (χ3v) is 3.81. The second-order valence-corrected chi connectivity index (χ2v) is 5.40. The van der Waals surface area contributed by atoms with Crippen molar-refractivity contribution in [2.24, 2.45) is 5.92 Å². The van der Waals surface area contributed by atoms with E-state index in [0.717, 1.165) is 19.3 Å². The smallest absolute Gasteiger partial charge is 0.140 e. The highest BCUT2D eigenvalue weighted by Crippen LogP contribution is 2.32. The van der Waals surface area contributed by atoms with E-state index in [-0.39, 0.29) is 5.92 Å². The van der Waals surface area contributed by atoms with E-state index in [1.54, 1.807) is 0 Å². The third-order valence-electron chi connectivity index (χ3n) is 3.81. The maximum absolute atomic E-state index is 12.0. The molecule has 0 aromatic heterocycles. The Morgan fingerprint density at radius 1 is 1.18 bits per heavy atom. The SMILES string of the molecule is CCCc1ccc(C2CCC(C)CC2=O)cc1. The van der Waals surface area contributed by atoms with E-state index in [2.05, 4.69) is 38.1 Å². The molecular formula is C16H22O. The predicted molar refractivity (Wildman–Crippen MR) is 71.2 cm³/mol. The van der Waals surface area contributed by atoms with Crippen molar-refractivity contribution in [2.75, 3.05) is 0 Å². The van der Waals surface area contributed by atoms with Crippen LogP contribution in [0.1, 0.15) is 56.6 Å². The van der Waals surface area contributed by atoms with Crippen molar-refractivity contribution in [1.82, 2.24) is 0 Å². The number of carbonyl (C=O) groups is 1. The molecule has 0 radical (unpaired) electrons. The summed E-state index contributed by atoms with van der Waals surface area (Å²) in [5.41, 5.74) is 2.61. The number of ketones is 1. The minimum Gasteiger partial charge on any atom is -0.299 e. The molecule has 1 aromatic rings. The van der Waals surface area contributed by atoms with Crippen LogP contribution in [0.5, 0.6) is 0 Å². The van der Waals surface area contributed by atoms with Crippen LogP contribution in [0.15, 0.2) is 24.3 Å². The molecule has 2 rings (SSSR count). The number of rotatable bonds is 3. The van der Waals surface area contributed by atoms with Crippen molar-refractivity contribution in [1.29, 1.82) is 0 Å². The fraction of sp³-hybridized carbons (Fsp3) is 0.562. The van der Waals surface area contributed by atoms with Gasteiger partial charge in [-0.2, -0.15) is 0 Å². The lowest BCUT2D eigenvalue weighted by molar-refractivity contribution is -0.123. The normalized spacial score (nSPS) is 24.9. The van der Waals surface area contributed by atoms with Gasteiger partial charge >= 0.3 is 0 Å². The van der Waals surface area contributed by atoms with Crippen LogP contribution < -0.4 is 0 Å². The summed E-state index contributed by atoms with van der Waals surface area (Å²) < 4.78 is 0. The van der Waals surface area contributed by atoms with Crippen molar-refractivity contribution in [3.8, 4) is 0 Å². The number of Topliss-reactive ketones (excluding diaryl/α,β-unsaturated/α-hetero) is 1. The first kappa shape index (κ1) is 12.3. The molecule has 1 heteroatoms. The topological polar surface area (TPSA) is 17.1 Å². The molecule has 0 amide bonds. The molecule has 0 aliphatic heterocycles. The predicted octanol–water partition coefficient (Wildman–Crippen LogP) is 4.11. The molecule has 0 spiro atoms. The first-order valence-electron chi connectivity index (χ1n) is 6.82. The van der Waals surface area contributed by atoms with Gasteiger partial charge in [-0.05, 0) is 36.3 Å². The number of carbonyl (C=O) groups excluding carboxylic acids is 1. The first-order chi connectivity index (χ1) is 8.20. The molecule has 1 fully saturated rings. The van der Waals surface area contributed by atoms with E-state index in [1.807, 2.05) is 0 Å². The molecule has 1 saturated carbocycles. The Morgan fingerprint density at radius 2 is 1.88 bits per heavy atom. The minimum absolute atomic E-state index is 0.168. The van der Waals surface area contributed by atoms with E-state index in [4.69, 9.17) is 0 Å². The van der Waals surface area contributed by atoms with Crippen LogP contribution in [0.2, 0.25) is 0 Å². The molecule has 0 bridgehead atoms. The van der Waals surface area contributed by atoms with Gasteiger partial charge in [0.2, 0.25) is 0 Å². The number of benzene rings is 1. The van der Waals surface area contributed by atoms with Gasteiger partial charge in [-0.15, -0.1) is 0 Å². The standard InChI is InChI=1S/C16H22O/c1-3-4-13-6-8-14(9-7-13)15-10-5-12(2)11-16(15)17/h6-9,12,15H,3-5,10-11H2,1-2H3. The van der Waals surface area contributed by atoms with Crippen molar-refractivity contribution in [3.05, 3.63) is 35.4 Å². The lowest BCUT2D eigenvalue weighted by Gasteiger charge is -2.25. The molecule has 0 saturated heterocycles. The Balaban J connectivity index is 2.09. The van der Waals surface area contributed by atoms with Crippen LogP contribution in [-0.2, 0) is 11.2 Å². The maximum Gasteiger partial charge on any atom is 0.140 e. The number of hydrogen-bond acceptors (Lipinski definition) is 1. The van der Waals surface area contributed by atoms with Gasteiger partial charge in [-0.25, -0.2) is 0 Å². The Labute approximate surface area is 104 Å². The van der Waals surface area contributed by atoms with Crippen LogP contribution >= 0.6 is 0 Å². The lowest BCUT2D eigenvalue weighted by atomic mass is 9.78. The van der Waals surface area contributed by atoms with Gasteiger partial charge in [-0.3, -0.25) is 4.79 Å². The molecule has 0 heterocycles. The molecule has 1 aromatic carbocycles. The summed E-state index contributed by atoms with van der Waals surface area (Å²) in [5.74, 6) is 1.19. The largest absolute Gasteiger partial charge is 0.299 e. The summed E-state index contributed by atoms with van der Waals surface area (Å²) in [6, 6.07) is 8.68. The van der Waals surface area contributed by atoms with Crippen LogP contribution in [0.4, 0.5) is 0 Å². The van der Waals surface area contributed by atoms with Gasteiger partial charge < -0.3 is 0 Å². The summed E-state index contributed by atoms with van der Waals surface area (Å²) in [6.07, 6.45) is 5.30. The van der Waals surface area contributed by atoms with Gasteiger partial charge in [0.15, 0.2) is 0 Å². The van der Waals surface area contributed by atoms with Crippen molar-refractivity contribution < 1.29 is 4.79 Å². The van der Waals surface area contributed by atoms with E-state index in [1.165, 1.54) is 24.0 Å². The molecule has 2 atom stereocenters. The van der Waals surface area contributed by atoms with Crippen LogP contribution in [0, 0.1) is 5.92 Å². The van der Waals surface area contributed by atoms with Crippen LogP contribution in [-0.4, -0.2) is 5.78 Å². The molecule has 0 N–H and O–H groups in total. The molecular weight excluding hydrogens is 208 g/mol. The summed E-state index contributed by atoms with van der Waals surface area (Å²) in [6.45, 7) is 4.37. The molecule has 2 unspecified atom stereocenters. The lowest BCUT2D eigenvalue weighted by Crippen LogP contribution is -2.21. The van der Waals surface area contributed by atoms with Gasteiger partial charge in [0.05, 0.1) is 0 Å². The van der Waals surface area contributed by atoms with Crippen LogP contribution in [0.25, 0.3) is 0 Å². The van der Waals surface area contributed by atoms with Crippen molar-refractivity contribution in [2.45, 2.75) is 51.9 Å². The summed E-state index contributed by atoms with van der Waals surface area (Å²) >= 11 is 0. The van der Waals surface area contributed by atoms with Gasteiger partial charge in [0.1, 0.15) is 5.78 Å². The molecule has 92 valence electrons. The second kappa shape index (κ2) is 5.48. The Kier molecular flexibility index (Phi) is 3.98. The minimum atomic E-state index is 0.168. The number of hydrogen-bond donors (Lipinski definition) is 0. The zero-order valence-electron chi connectivity index (χ0n) is 10.9. The van der Waals surface area contributed by atoms with E-state index >= 15 is 0 Å². The fourth-order valence-electron chi connectivity index (χ4n) is 2.76. The average Bonchev–Trinajstić information content (AvgIpc) is 2.31. The van der Waals surface area contributed by atoms with Crippen molar-refractivity contribution in [3.63, 3.8) is 0 Å². The molecule has 1 nitrogen and oxygen atoms in total. The Morgan fingerprint density at radius 3 is 2.47 bits per heavy atom. The summed E-state index contributed by atoms with van der Waals surface area (Å²) in [7, 11) is 0. The summed E-state index contributed by atoms with van der Waals surface area (Å²) in [5, 5.41) is 0. The summed E-state index contributed by atoms with van der Waals surface area (Å²) in [4.78, 5) is 12.0. The monoisotopic (exact) mass is 230 g/mol. The van der Waals surface area contributed by atoms with E-state index < -0.39 is 0 Å².